The van der Waals surface area contributed by atoms with Crippen LogP contribution in [0.2, 0.25) is 0 Å². The number of hydrogen-bond acceptors (Lipinski definition) is 5. The van der Waals surface area contributed by atoms with Crippen molar-refractivity contribution in [3.05, 3.63) is 72.1 Å². The first kappa shape index (κ1) is 14.9. The monoisotopic (exact) mass is 343 g/mol. The Kier molecular flexibility index (Phi) is 3.35. The summed E-state index contributed by atoms with van der Waals surface area (Å²) in [6.45, 7) is 0.677. The summed E-state index contributed by atoms with van der Waals surface area (Å²) < 4.78 is 5.23. The summed E-state index contributed by atoms with van der Waals surface area (Å²) >= 11 is 0. The molecule has 5 rings (SSSR count). The fourth-order valence-electron chi connectivity index (χ4n) is 3.34. The molecular weight excluding hydrogens is 326 g/mol. The lowest BCUT2D eigenvalue weighted by Gasteiger charge is -2.25. The minimum Gasteiger partial charge on any atom is -0.497 e. The number of amidine groups is 1. The SMILES string of the molecule is COc1ccc(C2=NN3C(=NCC3c3cnc4[nH]ccc4c3)C=C2)cc1. The van der Waals surface area contributed by atoms with Gasteiger partial charge in [0, 0.05) is 23.3 Å². The Bertz CT molecular complexity index is 1060. The first-order valence-corrected chi connectivity index (χ1v) is 8.50. The second kappa shape index (κ2) is 5.84. The third-order valence-corrected chi connectivity index (χ3v) is 4.75. The predicted octanol–water partition coefficient (Wildman–Crippen LogP) is 3.30. The maximum Gasteiger partial charge on any atom is 0.144 e. The molecule has 6 heteroatoms. The maximum atomic E-state index is 5.23. The second-order valence-electron chi connectivity index (χ2n) is 6.29. The molecule has 0 aliphatic carbocycles. The number of ether oxygens (including phenoxy) is 1. The van der Waals surface area contributed by atoms with Crippen LogP contribution in [0.15, 0.2) is 71.0 Å². The number of allylic oxidation sites excluding steroid dienone is 1. The van der Waals surface area contributed by atoms with Crippen LogP contribution in [0.3, 0.4) is 0 Å². The Morgan fingerprint density at radius 2 is 2.04 bits per heavy atom. The molecule has 0 fully saturated rings. The third-order valence-electron chi connectivity index (χ3n) is 4.75. The highest BCUT2D eigenvalue weighted by atomic mass is 16.5. The quantitative estimate of drug-likeness (QED) is 0.793. The summed E-state index contributed by atoms with van der Waals surface area (Å²) in [6, 6.07) is 12.2. The molecule has 1 N–H and O–H groups in total. The first-order valence-electron chi connectivity index (χ1n) is 8.50. The van der Waals surface area contributed by atoms with Gasteiger partial charge in [0.1, 0.15) is 23.3 Å². The largest absolute Gasteiger partial charge is 0.497 e. The molecule has 1 aromatic carbocycles. The first-order chi connectivity index (χ1) is 12.8. The zero-order valence-corrected chi connectivity index (χ0v) is 14.3. The van der Waals surface area contributed by atoms with Gasteiger partial charge < -0.3 is 9.72 Å². The van der Waals surface area contributed by atoms with Gasteiger partial charge in [-0.2, -0.15) is 5.10 Å². The Morgan fingerprint density at radius 1 is 1.15 bits per heavy atom. The number of benzene rings is 1. The Labute approximate surface area is 150 Å². The topological polar surface area (TPSA) is 65.9 Å². The van der Waals surface area contributed by atoms with Crippen LogP contribution in [0.25, 0.3) is 11.0 Å². The Hall–Kier alpha value is -3.41. The molecule has 0 saturated heterocycles. The van der Waals surface area contributed by atoms with Crippen LogP contribution >= 0.6 is 0 Å². The second-order valence-corrected chi connectivity index (χ2v) is 6.29. The highest BCUT2D eigenvalue weighted by Crippen LogP contribution is 2.30. The van der Waals surface area contributed by atoms with E-state index in [9.17, 15) is 0 Å². The molecule has 0 bridgehead atoms. The number of aliphatic imine (C=N–C) groups is 1. The molecule has 6 nitrogen and oxygen atoms in total. The molecule has 128 valence electrons. The number of aromatic nitrogens is 2. The van der Waals surface area contributed by atoms with Crippen molar-refractivity contribution >= 4 is 22.6 Å². The zero-order chi connectivity index (χ0) is 17.5. The number of hydrazone groups is 1. The van der Waals surface area contributed by atoms with Gasteiger partial charge in [-0.25, -0.2) is 9.99 Å². The van der Waals surface area contributed by atoms with Crippen LogP contribution in [0.1, 0.15) is 17.2 Å². The molecule has 2 aliphatic rings. The molecule has 26 heavy (non-hydrogen) atoms. The third kappa shape index (κ3) is 2.38. The molecule has 1 unspecified atom stereocenters. The van der Waals surface area contributed by atoms with E-state index in [0.29, 0.717) is 6.54 Å². The van der Waals surface area contributed by atoms with Gasteiger partial charge in [-0.3, -0.25) is 4.99 Å². The van der Waals surface area contributed by atoms with Crippen molar-refractivity contribution in [3.8, 4) is 5.75 Å². The van der Waals surface area contributed by atoms with Crippen LogP contribution in [0, 0.1) is 0 Å². The molecule has 2 aliphatic heterocycles. The van der Waals surface area contributed by atoms with Gasteiger partial charge >= 0.3 is 0 Å². The van der Waals surface area contributed by atoms with Gasteiger partial charge in [0.05, 0.1) is 19.4 Å². The molecule has 0 spiro atoms. The number of fused-ring (bicyclic) bond motifs is 2. The van der Waals surface area contributed by atoms with Crippen LogP contribution in [0.5, 0.6) is 5.75 Å². The minimum atomic E-state index is 0.0648. The summed E-state index contributed by atoms with van der Waals surface area (Å²) in [4.78, 5) is 12.3. The average Bonchev–Trinajstić information content (AvgIpc) is 3.33. The number of methoxy groups -OCH3 is 1. The molecule has 4 heterocycles. The van der Waals surface area contributed by atoms with Crippen molar-refractivity contribution < 1.29 is 4.74 Å². The lowest BCUT2D eigenvalue weighted by Crippen LogP contribution is -2.28. The van der Waals surface area contributed by atoms with Gasteiger partial charge in [-0.15, -0.1) is 0 Å². The summed E-state index contributed by atoms with van der Waals surface area (Å²) in [5, 5.41) is 7.95. The summed E-state index contributed by atoms with van der Waals surface area (Å²) in [6.07, 6.45) is 7.84. The van der Waals surface area contributed by atoms with E-state index in [1.54, 1.807) is 7.11 Å². The number of pyridine rings is 1. The zero-order valence-electron chi connectivity index (χ0n) is 14.3. The molecule has 0 radical (unpaired) electrons. The number of nitrogens with one attached hydrogen (secondary N) is 1. The fourth-order valence-corrected chi connectivity index (χ4v) is 3.34. The molecule has 2 aromatic heterocycles. The van der Waals surface area contributed by atoms with E-state index < -0.39 is 0 Å². The number of aromatic amines is 1. The summed E-state index contributed by atoms with van der Waals surface area (Å²) in [5.74, 6) is 1.72. The van der Waals surface area contributed by atoms with E-state index in [1.165, 1.54) is 0 Å². The van der Waals surface area contributed by atoms with Crippen molar-refractivity contribution in [2.75, 3.05) is 13.7 Å². The smallest absolute Gasteiger partial charge is 0.144 e. The van der Waals surface area contributed by atoms with Crippen molar-refractivity contribution in [2.45, 2.75) is 6.04 Å². The normalized spacial score (nSPS) is 18.7. The Morgan fingerprint density at radius 3 is 2.88 bits per heavy atom. The molecule has 0 saturated carbocycles. The molecule has 3 aromatic rings. The number of rotatable bonds is 3. The highest BCUT2D eigenvalue weighted by molar-refractivity contribution is 6.14. The van der Waals surface area contributed by atoms with E-state index in [-0.39, 0.29) is 6.04 Å². The number of H-pyrrole nitrogens is 1. The molecular formula is C20H17N5O. The summed E-state index contributed by atoms with van der Waals surface area (Å²) in [5.41, 5.74) is 3.97. The van der Waals surface area contributed by atoms with Crippen LogP contribution in [-0.4, -0.2) is 40.2 Å². The number of nitrogens with zero attached hydrogens (tertiary/aromatic N) is 4. The van der Waals surface area contributed by atoms with Crippen molar-refractivity contribution in [1.82, 2.24) is 15.0 Å². The minimum absolute atomic E-state index is 0.0648. The van der Waals surface area contributed by atoms with E-state index in [0.717, 1.165) is 39.5 Å². The van der Waals surface area contributed by atoms with Crippen LogP contribution < -0.4 is 4.74 Å². The van der Waals surface area contributed by atoms with Gasteiger partial charge in [0.15, 0.2) is 0 Å². The molecule has 0 amide bonds. The van der Waals surface area contributed by atoms with Crippen molar-refractivity contribution in [3.63, 3.8) is 0 Å². The van der Waals surface area contributed by atoms with E-state index in [1.807, 2.05) is 59.9 Å². The maximum absolute atomic E-state index is 5.23. The van der Waals surface area contributed by atoms with E-state index in [4.69, 9.17) is 9.84 Å². The lowest BCUT2D eigenvalue weighted by molar-refractivity contribution is 0.369. The lowest BCUT2D eigenvalue weighted by atomic mass is 10.1. The Balaban J connectivity index is 1.49. The average molecular weight is 343 g/mol. The van der Waals surface area contributed by atoms with Crippen LogP contribution in [0.4, 0.5) is 0 Å². The van der Waals surface area contributed by atoms with Crippen molar-refractivity contribution in [1.29, 1.82) is 0 Å². The van der Waals surface area contributed by atoms with Gasteiger partial charge in [0.2, 0.25) is 0 Å². The predicted molar refractivity (Wildman–Crippen MR) is 102 cm³/mol. The molecule has 1 atom stereocenters. The van der Waals surface area contributed by atoms with Crippen molar-refractivity contribution in [2.24, 2.45) is 10.1 Å². The fraction of sp³-hybridized carbons (Fsp3) is 0.150. The summed E-state index contributed by atoms with van der Waals surface area (Å²) in [7, 11) is 1.67. The number of hydrogen-bond donors (Lipinski definition) is 1. The van der Waals surface area contributed by atoms with Gasteiger partial charge in [-0.05, 0) is 54.1 Å². The van der Waals surface area contributed by atoms with Gasteiger partial charge in [0.25, 0.3) is 0 Å². The van der Waals surface area contributed by atoms with E-state index in [2.05, 4.69) is 21.0 Å². The standard InChI is InChI=1S/C20H17N5O/c1-26-16-4-2-13(3-5-16)17-6-7-19-22-12-18(25(19)24-17)15-10-14-8-9-21-20(14)23-11-15/h2-11,18H,12H2,1H3,(H,21,23). The van der Waals surface area contributed by atoms with E-state index >= 15 is 0 Å². The van der Waals surface area contributed by atoms with Crippen LogP contribution in [-0.2, 0) is 0 Å². The van der Waals surface area contributed by atoms with Gasteiger partial charge in [-0.1, -0.05) is 0 Å². The highest BCUT2D eigenvalue weighted by Gasteiger charge is 2.30.